The number of ketones is 1. The summed E-state index contributed by atoms with van der Waals surface area (Å²) < 4.78 is 5.45. The molecule has 14 heavy (non-hydrogen) atoms. The number of hydrogen-bond donors (Lipinski definition) is 1. The minimum absolute atomic E-state index is 0.00610. The number of carbonyl (C=O) groups is 2. The molecule has 4 nitrogen and oxygen atoms in total. The number of amides is 1. The second-order valence-corrected chi connectivity index (χ2v) is 3.62. The van der Waals surface area contributed by atoms with Crippen LogP contribution in [-0.4, -0.2) is 30.4 Å². The summed E-state index contributed by atoms with van der Waals surface area (Å²) >= 11 is 0. The summed E-state index contributed by atoms with van der Waals surface area (Å²) in [5.74, 6) is -0.245. The van der Waals surface area contributed by atoms with E-state index in [2.05, 4.69) is 12.2 Å². The Morgan fingerprint density at radius 2 is 2.29 bits per heavy atom. The van der Waals surface area contributed by atoms with Gasteiger partial charge >= 0.3 is 0 Å². The molecular formula is C10H17NO3. The van der Waals surface area contributed by atoms with Gasteiger partial charge in [0.25, 0.3) is 0 Å². The Morgan fingerprint density at radius 3 is 2.79 bits per heavy atom. The third kappa shape index (κ3) is 2.80. The van der Waals surface area contributed by atoms with E-state index in [-0.39, 0.29) is 24.2 Å². The van der Waals surface area contributed by atoms with E-state index in [9.17, 15) is 9.59 Å². The number of rotatable bonds is 5. The first-order valence-corrected chi connectivity index (χ1v) is 5.08. The first-order chi connectivity index (χ1) is 6.65. The van der Waals surface area contributed by atoms with Crippen LogP contribution in [-0.2, 0) is 14.3 Å². The lowest BCUT2D eigenvalue weighted by Crippen LogP contribution is -2.40. The molecule has 0 unspecified atom stereocenters. The lowest BCUT2D eigenvalue weighted by Gasteiger charge is -2.18. The van der Waals surface area contributed by atoms with Gasteiger partial charge in [0.05, 0.1) is 12.5 Å². The average molecular weight is 199 g/mol. The highest BCUT2D eigenvalue weighted by atomic mass is 16.5. The van der Waals surface area contributed by atoms with E-state index in [1.165, 1.54) is 0 Å². The van der Waals surface area contributed by atoms with Crippen molar-refractivity contribution in [3.63, 3.8) is 0 Å². The van der Waals surface area contributed by atoms with Crippen LogP contribution in [0.1, 0.15) is 33.1 Å². The summed E-state index contributed by atoms with van der Waals surface area (Å²) in [6.45, 7) is 4.55. The second-order valence-electron chi connectivity index (χ2n) is 3.62. The van der Waals surface area contributed by atoms with Crippen molar-refractivity contribution in [2.24, 2.45) is 0 Å². The monoisotopic (exact) mass is 199 g/mol. The van der Waals surface area contributed by atoms with Crippen molar-refractivity contribution in [1.82, 2.24) is 5.32 Å². The van der Waals surface area contributed by atoms with Crippen LogP contribution in [0.5, 0.6) is 0 Å². The SMILES string of the molecule is CCCCO[C@H](C)[C@@H]1NC(=O)CC1=O. The van der Waals surface area contributed by atoms with Crippen molar-refractivity contribution >= 4 is 11.7 Å². The molecule has 0 aromatic heterocycles. The van der Waals surface area contributed by atoms with Crippen molar-refractivity contribution in [1.29, 1.82) is 0 Å². The first kappa shape index (κ1) is 11.2. The molecule has 0 bridgehead atoms. The summed E-state index contributed by atoms with van der Waals surface area (Å²) in [5, 5.41) is 2.62. The normalized spacial score (nSPS) is 23.7. The fraction of sp³-hybridized carbons (Fsp3) is 0.800. The number of unbranched alkanes of at least 4 members (excludes halogenated alkanes) is 1. The summed E-state index contributed by atoms with van der Waals surface area (Å²) in [4.78, 5) is 22.2. The third-order valence-electron chi connectivity index (χ3n) is 2.35. The Balaban J connectivity index is 2.33. The number of nitrogens with one attached hydrogen (secondary N) is 1. The third-order valence-corrected chi connectivity index (χ3v) is 2.35. The minimum Gasteiger partial charge on any atom is -0.376 e. The highest BCUT2D eigenvalue weighted by Crippen LogP contribution is 2.09. The van der Waals surface area contributed by atoms with Gasteiger partial charge in [0, 0.05) is 6.61 Å². The Morgan fingerprint density at radius 1 is 1.57 bits per heavy atom. The topological polar surface area (TPSA) is 55.4 Å². The van der Waals surface area contributed by atoms with E-state index in [4.69, 9.17) is 4.74 Å². The number of Topliss-reactive ketones (excluding diaryl/α,β-unsaturated/α-hetero) is 1. The van der Waals surface area contributed by atoms with E-state index in [1.807, 2.05) is 6.92 Å². The summed E-state index contributed by atoms with van der Waals surface area (Å²) in [6, 6.07) is -0.431. The summed E-state index contributed by atoms with van der Waals surface area (Å²) in [7, 11) is 0. The van der Waals surface area contributed by atoms with Crippen LogP contribution in [0.4, 0.5) is 0 Å². The van der Waals surface area contributed by atoms with E-state index in [0.717, 1.165) is 12.8 Å². The predicted octanol–water partition coefficient (Wildman–Crippen LogP) is 0.649. The van der Waals surface area contributed by atoms with Gasteiger partial charge in [-0.25, -0.2) is 0 Å². The molecule has 1 amide bonds. The first-order valence-electron chi connectivity index (χ1n) is 5.08. The summed E-state index contributed by atoms with van der Waals surface area (Å²) in [5.41, 5.74) is 0. The molecule has 0 aromatic carbocycles. The number of hydrogen-bond acceptors (Lipinski definition) is 3. The lowest BCUT2D eigenvalue weighted by molar-refractivity contribution is -0.122. The van der Waals surface area contributed by atoms with Crippen LogP contribution < -0.4 is 5.32 Å². The fourth-order valence-electron chi connectivity index (χ4n) is 1.46. The maximum Gasteiger partial charge on any atom is 0.228 e. The van der Waals surface area contributed by atoms with E-state index >= 15 is 0 Å². The quantitative estimate of drug-likeness (QED) is 0.522. The molecule has 1 aliphatic rings. The molecule has 1 heterocycles. The van der Waals surface area contributed by atoms with Crippen molar-refractivity contribution in [3.05, 3.63) is 0 Å². The van der Waals surface area contributed by atoms with Crippen LogP contribution in [0.3, 0.4) is 0 Å². The molecule has 1 aliphatic heterocycles. The van der Waals surface area contributed by atoms with E-state index < -0.39 is 6.04 Å². The minimum atomic E-state index is -0.431. The van der Waals surface area contributed by atoms with Gasteiger partial charge in [-0.2, -0.15) is 0 Å². The smallest absolute Gasteiger partial charge is 0.228 e. The standard InChI is InChI=1S/C10H17NO3/c1-3-4-5-14-7(2)10-8(12)6-9(13)11-10/h7,10H,3-6H2,1-2H3,(H,11,13)/t7-,10+/m1/s1. The van der Waals surface area contributed by atoms with Gasteiger partial charge in [0.2, 0.25) is 5.91 Å². The Kier molecular flexibility index (Phi) is 4.07. The highest BCUT2D eigenvalue weighted by molar-refractivity contribution is 6.07. The zero-order valence-electron chi connectivity index (χ0n) is 8.71. The summed E-state index contributed by atoms with van der Waals surface area (Å²) in [6.07, 6.45) is 1.85. The maximum atomic E-state index is 11.3. The number of ether oxygens (including phenoxy) is 1. The molecule has 80 valence electrons. The van der Waals surface area contributed by atoms with Gasteiger partial charge in [0.1, 0.15) is 6.04 Å². The molecule has 0 aromatic rings. The fourth-order valence-corrected chi connectivity index (χ4v) is 1.46. The van der Waals surface area contributed by atoms with Crippen molar-refractivity contribution in [2.75, 3.05) is 6.61 Å². The van der Waals surface area contributed by atoms with Crippen LogP contribution in [0.15, 0.2) is 0 Å². The van der Waals surface area contributed by atoms with Gasteiger partial charge in [-0.05, 0) is 13.3 Å². The van der Waals surface area contributed by atoms with Gasteiger partial charge in [0.15, 0.2) is 5.78 Å². The molecular weight excluding hydrogens is 182 g/mol. The molecule has 1 N–H and O–H groups in total. The zero-order valence-corrected chi connectivity index (χ0v) is 8.71. The van der Waals surface area contributed by atoms with Crippen LogP contribution in [0.2, 0.25) is 0 Å². The van der Waals surface area contributed by atoms with Crippen LogP contribution >= 0.6 is 0 Å². The van der Waals surface area contributed by atoms with Crippen LogP contribution in [0, 0.1) is 0 Å². The van der Waals surface area contributed by atoms with E-state index in [1.54, 1.807) is 0 Å². The number of carbonyl (C=O) groups excluding carboxylic acids is 2. The maximum absolute atomic E-state index is 11.3. The van der Waals surface area contributed by atoms with E-state index in [0.29, 0.717) is 6.61 Å². The Hall–Kier alpha value is -0.900. The molecule has 1 rings (SSSR count). The molecule has 2 atom stereocenters. The highest BCUT2D eigenvalue weighted by Gasteiger charge is 2.34. The molecule has 4 heteroatoms. The van der Waals surface area contributed by atoms with Crippen molar-refractivity contribution in [2.45, 2.75) is 45.3 Å². The molecule has 0 radical (unpaired) electrons. The van der Waals surface area contributed by atoms with Gasteiger partial charge in [-0.15, -0.1) is 0 Å². The molecule has 1 saturated heterocycles. The average Bonchev–Trinajstić information content (AvgIpc) is 2.45. The van der Waals surface area contributed by atoms with Crippen LogP contribution in [0.25, 0.3) is 0 Å². The zero-order chi connectivity index (χ0) is 10.6. The van der Waals surface area contributed by atoms with Crippen molar-refractivity contribution < 1.29 is 14.3 Å². The Bertz CT molecular complexity index is 227. The molecule has 0 aliphatic carbocycles. The van der Waals surface area contributed by atoms with Crippen molar-refractivity contribution in [3.8, 4) is 0 Å². The Labute approximate surface area is 84.0 Å². The predicted molar refractivity (Wildman–Crippen MR) is 51.9 cm³/mol. The molecule has 0 spiro atoms. The van der Waals surface area contributed by atoms with Gasteiger partial charge in [-0.3, -0.25) is 9.59 Å². The lowest BCUT2D eigenvalue weighted by atomic mass is 10.1. The molecule has 0 saturated carbocycles. The van der Waals surface area contributed by atoms with Gasteiger partial charge < -0.3 is 10.1 Å². The van der Waals surface area contributed by atoms with Gasteiger partial charge in [-0.1, -0.05) is 13.3 Å². The largest absolute Gasteiger partial charge is 0.376 e. The second kappa shape index (κ2) is 5.10. The molecule has 1 fully saturated rings.